The number of carbonyl (C=O) groups is 3. The highest BCUT2D eigenvalue weighted by Crippen LogP contribution is 1.94. The zero-order valence-electron chi connectivity index (χ0n) is 9.81. The standard InChI is InChI=1S/C6H9BO6.C2H7N/c1-4(8)11-7(12-5(2)9)13-6(3)10;1-2-3/h1-3H3;2-3H2,1H3. The van der Waals surface area contributed by atoms with Crippen molar-refractivity contribution >= 4 is 25.2 Å². The summed E-state index contributed by atoms with van der Waals surface area (Å²) in [4.78, 5) is 31.2. The van der Waals surface area contributed by atoms with Crippen LogP contribution in [0.15, 0.2) is 0 Å². The largest absolute Gasteiger partial charge is 0.870 e. The third kappa shape index (κ3) is 14.9. The highest BCUT2D eigenvalue weighted by atomic mass is 16.8. The summed E-state index contributed by atoms with van der Waals surface area (Å²) in [6, 6.07) is 0. The van der Waals surface area contributed by atoms with Crippen LogP contribution in [0.4, 0.5) is 0 Å². The van der Waals surface area contributed by atoms with Gasteiger partial charge in [-0.25, -0.2) is 0 Å². The summed E-state index contributed by atoms with van der Waals surface area (Å²) in [6.45, 7) is 5.94. The van der Waals surface area contributed by atoms with Crippen molar-refractivity contribution in [2.24, 2.45) is 5.73 Å². The van der Waals surface area contributed by atoms with Gasteiger partial charge in [-0.2, -0.15) is 0 Å². The maximum Gasteiger partial charge on any atom is 0.870 e. The van der Waals surface area contributed by atoms with Crippen LogP contribution in [0.1, 0.15) is 27.7 Å². The highest BCUT2D eigenvalue weighted by molar-refractivity contribution is 6.43. The Morgan fingerprint density at radius 2 is 1.12 bits per heavy atom. The smallest absolute Gasteiger partial charge is 0.462 e. The quantitative estimate of drug-likeness (QED) is 0.662. The molecule has 0 heterocycles. The lowest BCUT2D eigenvalue weighted by Gasteiger charge is -2.09. The van der Waals surface area contributed by atoms with Gasteiger partial charge < -0.3 is 19.7 Å². The first kappa shape index (κ1) is 16.8. The van der Waals surface area contributed by atoms with Gasteiger partial charge in [-0.15, -0.1) is 0 Å². The molecular formula is C8H16BNO6. The molecule has 0 rings (SSSR count). The molecule has 0 atom stereocenters. The molecule has 92 valence electrons. The Morgan fingerprint density at radius 1 is 0.938 bits per heavy atom. The van der Waals surface area contributed by atoms with E-state index >= 15 is 0 Å². The molecule has 0 radical (unpaired) electrons. The molecule has 0 aliphatic rings. The topological polar surface area (TPSA) is 105 Å². The minimum atomic E-state index is -1.59. The van der Waals surface area contributed by atoms with Gasteiger partial charge in [0, 0.05) is 20.8 Å². The summed E-state index contributed by atoms with van der Waals surface area (Å²) < 4.78 is 13.0. The number of hydrogen-bond acceptors (Lipinski definition) is 7. The molecule has 0 aromatic carbocycles. The summed E-state index contributed by atoms with van der Waals surface area (Å²) in [6.07, 6.45) is 0. The molecule has 2 N–H and O–H groups in total. The zero-order chi connectivity index (χ0) is 13.1. The zero-order valence-corrected chi connectivity index (χ0v) is 9.81. The van der Waals surface area contributed by atoms with E-state index in [1.165, 1.54) is 0 Å². The van der Waals surface area contributed by atoms with Crippen LogP contribution in [-0.4, -0.2) is 31.8 Å². The van der Waals surface area contributed by atoms with E-state index in [0.29, 0.717) is 0 Å². The van der Waals surface area contributed by atoms with Crippen LogP contribution in [0.3, 0.4) is 0 Å². The molecular weight excluding hydrogens is 217 g/mol. The van der Waals surface area contributed by atoms with Crippen LogP contribution in [0.2, 0.25) is 0 Å². The number of carbonyl (C=O) groups excluding carboxylic acids is 3. The van der Waals surface area contributed by atoms with Crippen molar-refractivity contribution in [3.8, 4) is 0 Å². The predicted octanol–water partition coefficient (Wildman–Crippen LogP) is -0.374. The first-order chi connectivity index (χ1) is 7.33. The summed E-state index contributed by atoms with van der Waals surface area (Å²) in [5.41, 5.74) is 4.85. The van der Waals surface area contributed by atoms with Gasteiger partial charge in [0.2, 0.25) is 0 Å². The maximum absolute atomic E-state index is 10.4. The van der Waals surface area contributed by atoms with Gasteiger partial charge in [-0.3, -0.25) is 14.4 Å². The fourth-order valence-corrected chi connectivity index (χ4v) is 0.479. The molecule has 0 unspecified atom stereocenters. The SMILES string of the molecule is CC(=O)OB(OC(C)=O)OC(C)=O.CCN. The van der Waals surface area contributed by atoms with Crippen molar-refractivity contribution in [3.05, 3.63) is 0 Å². The van der Waals surface area contributed by atoms with Gasteiger partial charge in [0.25, 0.3) is 17.9 Å². The predicted molar refractivity (Wildman–Crippen MR) is 55.8 cm³/mol. The first-order valence-corrected chi connectivity index (χ1v) is 4.55. The molecule has 0 amide bonds. The third-order valence-electron chi connectivity index (χ3n) is 0.787. The van der Waals surface area contributed by atoms with Crippen molar-refractivity contribution in [2.45, 2.75) is 27.7 Å². The summed E-state index contributed by atoms with van der Waals surface area (Å²) in [5.74, 6) is -2.15. The first-order valence-electron chi connectivity index (χ1n) is 4.55. The van der Waals surface area contributed by atoms with Gasteiger partial charge in [0.15, 0.2) is 0 Å². The molecule has 0 aliphatic carbocycles. The molecule has 16 heavy (non-hydrogen) atoms. The average molecular weight is 233 g/mol. The minimum Gasteiger partial charge on any atom is -0.462 e. The van der Waals surface area contributed by atoms with Crippen molar-refractivity contribution in [3.63, 3.8) is 0 Å². The molecule has 0 fully saturated rings. The van der Waals surface area contributed by atoms with E-state index in [1.54, 1.807) is 0 Å². The van der Waals surface area contributed by atoms with Crippen LogP contribution in [0.5, 0.6) is 0 Å². The van der Waals surface area contributed by atoms with Gasteiger partial charge in [-0.1, -0.05) is 6.92 Å². The van der Waals surface area contributed by atoms with E-state index in [0.717, 1.165) is 27.3 Å². The number of nitrogens with two attached hydrogens (primary N) is 1. The van der Waals surface area contributed by atoms with Crippen LogP contribution in [0, 0.1) is 0 Å². The van der Waals surface area contributed by atoms with Crippen molar-refractivity contribution in [1.29, 1.82) is 0 Å². The second-order valence-corrected chi connectivity index (χ2v) is 2.53. The molecule has 0 saturated carbocycles. The van der Waals surface area contributed by atoms with Crippen LogP contribution < -0.4 is 5.73 Å². The van der Waals surface area contributed by atoms with Crippen LogP contribution in [-0.2, 0) is 28.3 Å². The Morgan fingerprint density at radius 3 is 1.25 bits per heavy atom. The fraction of sp³-hybridized carbons (Fsp3) is 0.625. The summed E-state index contributed by atoms with van der Waals surface area (Å²) in [7, 11) is -1.59. The van der Waals surface area contributed by atoms with Crippen molar-refractivity contribution < 1.29 is 28.3 Å². The van der Waals surface area contributed by atoms with Crippen LogP contribution in [0.25, 0.3) is 0 Å². The van der Waals surface area contributed by atoms with Crippen LogP contribution >= 0.6 is 0 Å². The Bertz CT molecular complexity index is 207. The van der Waals surface area contributed by atoms with Crippen molar-refractivity contribution in [2.75, 3.05) is 6.54 Å². The van der Waals surface area contributed by atoms with Gasteiger partial charge in [-0.05, 0) is 6.54 Å². The maximum atomic E-state index is 10.4. The molecule has 0 aromatic rings. The Kier molecular flexibility index (Phi) is 10.5. The van der Waals surface area contributed by atoms with E-state index in [2.05, 4.69) is 14.0 Å². The minimum absolute atomic E-state index is 0.715. The number of hydrogen-bond donors (Lipinski definition) is 1. The third-order valence-corrected chi connectivity index (χ3v) is 0.787. The summed E-state index contributed by atoms with van der Waals surface area (Å²) in [5, 5.41) is 0. The lowest BCUT2D eigenvalue weighted by Crippen LogP contribution is -2.32. The average Bonchev–Trinajstić information content (AvgIpc) is 2.00. The van der Waals surface area contributed by atoms with Crippen molar-refractivity contribution in [1.82, 2.24) is 0 Å². The van der Waals surface area contributed by atoms with E-state index in [-0.39, 0.29) is 0 Å². The van der Waals surface area contributed by atoms with E-state index in [1.807, 2.05) is 6.92 Å². The molecule has 0 saturated heterocycles. The van der Waals surface area contributed by atoms with E-state index in [4.69, 9.17) is 5.73 Å². The second kappa shape index (κ2) is 9.97. The number of rotatable bonds is 3. The monoisotopic (exact) mass is 233 g/mol. The Labute approximate surface area is 94.4 Å². The Hall–Kier alpha value is -1.57. The lowest BCUT2D eigenvalue weighted by atomic mass is 10.2. The highest BCUT2D eigenvalue weighted by Gasteiger charge is 2.33. The lowest BCUT2D eigenvalue weighted by molar-refractivity contribution is -0.144. The summed E-state index contributed by atoms with van der Waals surface area (Å²) >= 11 is 0. The molecule has 0 aliphatic heterocycles. The van der Waals surface area contributed by atoms with E-state index in [9.17, 15) is 14.4 Å². The van der Waals surface area contributed by atoms with Gasteiger partial charge in [0.05, 0.1) is 0 Å². The fourth-order valence-electron chi connectivity index (χ4n) is 0.479. The van der Waals surface area contributed by atoms with E-state index < -0.39 is 25.2 Å². The van der Waals surface area contributed by atoms with Gasteiger partial charge in [0.1, 0.15) is 0 Å². The molecule has 8 heteroatoms. The molecule has 0 bridgehead atoms. The van der Waals surface area contributed by atoms with Gasteiger partial charge >= 0.3 is 7.32 Å². The Balaban J connectivity index is 0. The second-order valence-electron chi connectivity index (χ2n) is 2.53. The molecule has 0 aromatic heterocycles. The molecule has 0 spiro atoms. The molecule has 7 nitrogen and oxygen atoms in total. The normalized spacial score (nSPS) is 8.06.